The van der Waals surface area contributed by atoms with Crippen LogP contribution in [0.3, 0.4) is 0 Å². The van der Waals surface area contributed by atoms with E-state index in [1.807, 2.05) is 6.08 Å². The first-order chi connectivity index (χ1) is 25.7. The summed E-state index contributed by atoms with van der Waals surface area (Å²) in [6.45, 7) is 6.11. The molecular weight excluding hydrogens is 668 g/mol. The Balaban J connectivity index is 3.83. The normalized spacial score (nSPS) is 14.6. The molecule has 4 N–H and O–H groups in total. The first-order valence-corrected chi connectivity index (χ1v) is 21.4. The number of allylic oxidation sites excluding steroid dienone is 6. The van der Waals surface area contributed by atoms with Crippen LogP contribution in [-0.4, -0.2) is 70.0 Å². The summed E-state index contributed by atoms with van der Waals surface area (Å²) in [4.78, 5) is 24.4. The van der Waals surface area contributed by atoms with Crippen LogP contribution in [-0.2, 0) is 19.1 Å². The molecular formula is C45H80O8. The quantitative estimate of drug-likeness (QED) is 0.0280. The first kappa shape index (κ1) is 50.7. The average Bonchev–Trinajstić information content (AvgIpc) is 3.13. The fourth-order valence-electron chi connectivity index (χ4n) is 6.00. The Labute approximate surface area is 324 Å². The van der Waals surface area contributed by atoms with Gasteiger partial charge in [-0.1, -0.05) is 191 Å². The number of aliphatic hydroxyl groups is 4. The largest absolute Gasteiger partial charge is 0.462 e. The van der Waals surface area contributed by atoms with Crippen LogP contribution in [0.4, 0.5) is 0 Å². The maximum Gasteiger partial charge on any atom is 0.306 e. The van der Waals surface area contributed by atoms with E-state index < -0.39 is 37.0 Å². The van der Waals surface area contributed by atoms with Gasteiger partial charge in [0.2, 0.25) is 0 Å². The number of rotatable bonds is 37. The monoisotopic (exact) mass is 749 g/mol. The van der Waals surface area contributed by atoms with Crippen LogP contribution < -0.4 is 0 Å². The van der Waals surface area contributed by atoms with Gasteiger partial charge in [-0.05, 0) is 31.6 Å². The second kappa shape index (κ2) is 38.0. The van der Waals surface area contributed by atoms with E-state index in [4.69, 9.17) is 9.47 Å². The van der Waals surface area contributed by atoms with Gasteiger partial charge in [0.15, 0.2) is 6.10 Å². The van der Waals surface area contributed by atoms with E-state index >= 15 is 0 Å². The molecule has 0 aromatic rings. The molecule has 0 aromatic heterocycles. The van der Waals surface area contributed by atoms with Crippen LogP contribution in [0.1, 0.15) is 181 Å². The summed E-state index contributed by atoms with van der Waals surface area (Å²) in [5.41, 5.74) is 0. The molecule has 4 atom stereocenters. The van der Waals surface area contributed by atoms with Crippen molar-refractivity contribution in [3.05, 3.63) is 48.6 Å². The molecule has 0 aliphatic rings. The highest BCUT2D eigenvalue weighted by Gasteiger charge is 2.18. The minimum absolute atomic E-state index is 0.00230. The summed E-state index contributed by atoms with van der Waals surface area (Å²) >= 11 is 0. The van der Waals surface area contributed by atoms with Gasteiger partial charge in [-0.2, -0.15) is 0 Å². The Morgan fingerprint density at radius 1 is 0.547 bits per heavy atom. The lowest BCUT2D eigenvalue weighted by molar-refractivity contribution is -0.161. The van der Waals surface area contributed by atoms with Crippen molar-refractivity contribution in [2.45, 2.75) is 206 Å². The lowest BCUT2D eigenvalue weighted by Crippen LogP contribution is -2.29. The van der Waals surface area contributed by atoms with Gasteiger partial charge >= 0.3 is 11.9 Å². The van der Waals surface area contributed by atoms with Crippen molar-refractivity contribution in [1.29, 1.82) is 0 Å². The number of unbranched alkanes of at least 4 members (excludes halogenated alkanes) is 17. The number of carbonyl (C=O) groups excluding carboxylic acids is 2. The standard InChI is InChI=1S/C45H80O8/c1-4-5-24-31-40(47)32-26-21-18-19-22-27-33-42(48)43(49)34-29-36-45(51)53-41(37-46)38-52-44(50)35-28-23-17-15-13-11-9-7-6-8-10-12-14-16-20-25-30-39(2)3/h18-19,21-22,26-27,32-33,39-43,46-49H,4-17,20,23-25,28-31,34-38H2,1-3H3/b21-18-,22-19+,32-26+,33-27+/t40-,41-,42-,43-/m0/s1. The lowest BCUT2D eigenvalue weighted by Gasteiger charge is -2.17. The Kier molecular flexibility index (Phi) is 36.4. The van der Waals surface area contributed by atoms with Crippen LogP contribution >= 0.6 is 0 Å². The molecule has 0 saturated heterocycles. The van der Waals surface area contributed by atoms with E-state index in [2.05, 4.69) is 20.8 Å². The third-order valence-corrected chi connectivity index (χ3v) is 9.42. The minimum atomic E-state index is -1.09. The van der Waals surface area contributed by atoms with Gasteiger partial charge in [-0.3, -0.25) is 9.59 Å². The highest BCUT2D eigenvalue weighted by atomic mass is 16.6. The van der Waals surface area contributed by atoms with E-state index in [-0.39, 0.29) is 31.8 Å². The van der Waals surface area contributed by atoms with Crippen molar-refractivity contribution in [2.75, 3.05) is 13.2 Å². The molecule has 308 valence electrons. The fraction of sp³-hybridized carbons (Fsp3) is 0.778. The highest BCUT2D eigenvalue weighted by Crippen LogP contribution is 2.16. The van der Waals surface area contributed by atoms with Crippen molar-refractivity contribution >= 4 is 11.9 Å². The number of carbonyl (C=O) groups is 2. The molecule has 0 heterocycles. The molecule has 0 fully saturated rings. The van der Waals surface area contributed by atoms with Gasteiger partial charge in [-0.15, -0.1) is 0 Å². The summed E-state index contributed by atoms with van der Waals surface area (Å²) in [6, 6.07) is 0. The SMILES string of the molecule is CCCCC[C@H](O)/C=C/C=C\C=C\C=C\[C@H](O)[C@@H](O)CCCC(=O)O[C@@H](CO)COC(=O)CCCCCCCCCCCCCCCCCCC(C)C. The predicted octanol–water partition coefficient (Wildman–Crippen LogP) is 10.2. The van der Waals surface area contributed by atoms with Crippen molar-refractivity contribution in [3.63, 3.8) is 0 Å². The zero-order chi connectivity index (χ0) is 39.2. The van der Waals surface area contributed by atoms with Crippen LogP contribution in [0.5, 0.6) is 0 Å². The number of hydrogen-bond acceptors (Lipinski definition) is 8. The Morgan fingerprint density at radius 3 is 1.55 bits per heavy atom. The third kappa shape index (κ3) is 36.5. The molecule has 0 aliphatic carbocycles. The topological polar surface area (TPSA) is 134 Å². The number of esters is 2. The van der Waals surface area contributed by atoms with Crippen molar-refractivity contribution in [1.82, 2.24) is 0 Å². The second-order valence-electron chi connectivity index (χ2n) is 15.1. The molecule has 0 unspecified atom stereocenters. The van der Waals surface area contributed by atoms with E-state index in [0.717, 1.165) is 50.9 Å². The van der Waals surface area contributed by atoms with Gasteiger partial charge in [0, 0.05) is 12.8 Å². The van der Waals surface area contributed by atoms with Crippen LogP contribution in [0.25, 0.3) is 0 Å². The van der Waals surface area contributed by atoms with Gasteiger partial charge < -0.3 is 29.9 Å². The molecule has 0 spiro atoms. The van der Waals surface area contributed by atoms with E-state index in [1.54, 1.807) is 36.5 Å². The average molecular weight is 749 g/mol. The van der Waals surface area contributed by atoms with Crippen LogP contribution in [0.15, 0.2) is 48.6 Å². The van der Waals surface area contributed by atoms with Gasteiger partial charge in [0.05, 0.1) is 24.9 Å². The molecule has 8 nitrogen and oxygen atoms in total. The highest BCUT2D eigenvalue weighted by molar-refractivity contribution is 5.70. The second-order valence-corrected chi connectivity index (χ2v) is 15.1. The predicted molar refractivity (Wildman–Crippen MR) is 218 cm³/mol. The zero-order valence-electron chi connectivity index (χ0n) is 34.0. The van der Waals surface area contributed by atoms with E-state index in [0.29, 0.717) is 6.42 Å². The summed E-state index contributed by atoms with van der Waals surface area (Å²) < 4.78 is 10.5. The molecule has 0 bridgehead atoms. The van der Waals surface area contributed by atoms with Crippen molar-refractivity contribution in [2.24, 2.45) is 5.92 Å². The van der Waals surface area contributed by atoms with Gasteiger partial charge in [0.1, 0.15) is 6.61 Å². The van der Waals surface area contributed by atoms with Gasteiger partial charge in [0.25, 0.3) is 0 Å². The van der Waals surface area contributed by atoms with Gasteiger partial charge in [-0.25, -0.2) is 0 Å². The third-order valence-electron chi connectivity index (χ3n) is 9.42. The molecule has 0 amide bonds. The first-order valence-electron chi connectivity index (χ1n) is 21.4. The zero-order valence-corrected chi connectivity index (χ0v) is 34.0. The molecule has 53 heavy (non-hydrogen) atoms. The number of aliphatic hydroxyl groups excluding tert-OH is 4. The van der Waals surface area contributed by atoms with Crippen LogP contribution in [0, 0.1) is 5.92 Å². The smallest absolute Gasteiger partial charge is 0.306 e. The Morgan fingerprint density at radius 2 is 1.02 bits per heavy atom. The fourth-order valence-corrected chi connectivity index (χ4v) is 6.00. The Hall–Kier alpha value is -2.26. The maximum atomic E-state index is 12.2. The summed E-state index contributed by atoms with van der Waals surface area (Å²) in [5.74, 6) is -0.0745. The van der Waals surface area contributed by atoms with Crippen molar-refractivity contribution in [3.8, 4) is 0 Å². The molecule has 0 aliphatic heterocycles. The Bertz CT molecular complexity index is 956. The summed E-state index contributed by atoms with van der Waals surface area (Å²) in [7, 11) is 0. The molecule has 8 heteroatoms. The number of hydrogen-bond donors (Lipinski definition) is 4. The van der Waals surface area contributed by atoms with E-state index in [1.165, 1.54) is 96.0 Å². The summed E-state index contributed by atoms with van der Waals surface area (Å²) in [6.07, 6.45) is 36.9. The molecule has 0 saturated carbocycles. The van der Waals surface area contributed by atoms with Crippen LogP contribution in [0.2, 0.25) is 0 Å². The van der Waals surface area contributed by atoms with E-state index in [9.17, 15) is 30.0 Å². The maximum absolute atomic E-state index is 12.2. The molecule has 0 rings (SSSR count). The van der Waals surface area contributed by atoms with Crippen molar-refractivity contribution < 1.29 is 39.5 Å². The molecule has 0 aromatic carbocycles. The minimum Gasteiger partial charge on any atom is -0.462 e. The summed E-state index contributed by atoms with van der Waals surface area (Å²) in [5, 5.41) is 39.8. The molecule has 0 radical (unpaired) electrons. The number of ether oxygens (including phenoxy) is 2. The lowest BCUT2D eigenvalue weighted by atomic mass is 10.0.